The van der Waals surface area contributed by atoms with E-state index in [4.69, 9.17) is 0 Å². The topological polar surface area (TPSA) is 71.8 Å². The number of benzene rings is 1. The van der Waals surface area contributed by atoms with E-state index < -0.39 is 0 Å². The second-order valence-electron chi connectivity index (χ2n) is 5.52. The first-order valence-electron chi connectivity index (χ1n) is 7.83. The molecule has 2 N–H and O–H groups in total. The Morgan fingerprint density at radius 2 is 1.80 bits per heavy atom. The van der Waals surface area contributed by atoms with Gasteiger partial charge in [0, 0.05) is 37.9 Å². The summed E-state index contributed by atoms with van der Waals surface area (Å²) in [6.45, 7) is 2.45. The van der Waals surface area contributed by atoms with Crippen molar-refractivity contribution < 1.29 is 9.18 Å². The molecule has 2 aromatic heterocycles. The van der Waals surface area contributed by atoms with Gasteiger partial charge >= 0.3 is 6.03 Å². The number of urea groups is 1. The van der Waals surface area contributed by atoms with Gasteiger partial charge in [0.15, 0.2) is 0 Å². The van der Waals surface area contributed by atoms with Gasteiger partial charge in [-0.15, -0.1) is 0 Å². The summed E-state index contributed by atoms with van der Waals surface area (Å²) >= 11 is 0. The van der Waals surface area contributed by atoms with Crippen LogP contribution >= 0.6 is 0 Å². The summed E-state index contributed by atoms with van der Waals surface area (Å²) < 4.78 is 16.0. The Kier molecular flexibility index (Phi) is 5.03. The predicted molar refractivity (Wildman–Crippen MR) is 91.6 cm³/mol. The van der Waals surface area contributed by atoms with Gasteiger partial charge in [-0.05, 0) is 42.3 Å². The summed E-state index contributed by atoms with van der Waals surface area (Å²) in [5.74, 6) is 0.345. The Hall–Kier alpha value is -3.22. The van der Waals surface area contributed by atoms with E-state index in [0.717, 1.165) is 5.56 Å². The zero-order valence-corrected chi connectivity index (χ0v) is 13.7. The van der Waals surface area contributed by atoms with Crippen molar-refractivity contribution in [3.63, 3.8) is 0 Å². The highest BCUT2D eigenvalue weighted by molar-refractivity contribution is 5.73. The number of hydrogen-bond donors (Lipinski definition) is 2. The number of hydrogen-bond acceptors (Lipinski definition) is 3. The maximum Gasteiger partial charge on any atom is 0.315 e. The van der Waals surface area contributed by atoms with Crippen molar-refractivity contribution in [2.24, 2.45) is 0 Å². The SMILES string of the molecule is Cc1nccn1-c1ccc(CNC(=O)NCc2ccncc2)cc1F. The van der Waals surface area contributed by atoms with E-state index >= 15 is 0 Å². The fraction of sp³-hybridized carbons (Fsp3) is 0.167. The van der Waals surface area contributed by atoms with Gasteiger partial charge in [-0.3, -0.25) is 4.98 Å². The summed E-state index contributed by atoms with van der Waals surface area (Å²) in [6.07, 6.45) is 6.66. The van der Waals surface area contributed by atoms with Crippen molar-refractivity contribution in [2.75, 3.05) is 0 Å². The van der Waals surface area contributed by atoms with Crippen molar-refractivity contribution in [1.29, 1.82) is 0 Å². The van der Waals surface area contributed by atoms with Crippen LogP contribution in [0, 0.1) is 12.7 Å². The molecule has 7 heteroatoms. The summed E-state index contributed by atoms with van der Waals surface area (Å²) in [6, 6.07) is 8.21. The first-order chi connectivity index (χ1) is 12.1. The molecular weight excluding hydrogens is 321 g/mol. The molecular formula is C18H18FN5O. The third kappa shape index (κ3) is 4.20. The van der Waals surface area contributed by atoms with Crippen molar-refractivity contribution in [2.45, 2.75) is 20.0 Å². The van der Waals surface area contributed by atoms with E-state index in [0.29, 0.717) is 23.6 Å². The fourth-order valence-electron chi connectivity index (χ4n) is 2.42. The van der Waals surface area contributed by atoms with Crippen LogP contribution in [0.1, 0.15) is 17.0 Å². The van der Waals surface area contributed by atoms with E-state index in [-0.39, 0.29) is 18.4 Å². The Morgan fingerprint density at radius 3 is 2.44 bits per heavy atom. The molecule has 6 nitrogen and oxygen atoms in total. The predicted octanol–water partition coefficient (Wildman–Crippen LogP) is 2.71. The number of carbonyl (C=O) groups excluding carboxylic acids is 1. The minimum atomic E-state index is -0.363. The smallest absolute Gasteiger partial charge is 0.315 e. The lowest BCUT2D eigenvalue weighted by Gasteiger charge is -2.10. The molecule has 0 unspecified atom stereocenters. The molecule has 0 spiro atoms. The number of amides is 2. The summed E-state index contributed by atoms with van der Waals surface area (Å²) in [5, 5.41) is 5.45. The second kappa shape index (κ2) is 7.57. The summed E-state index contributed by atoms with van der Waals surface area (Å²) in [4.78, 5) is 19.8. The van der Waals surface area contributed by atoms with Gasteiger partial charge in [-0.2, -0.15) is 0 Å². The lowest BCUT2D eigenvalue weighted by atomic mass is 10.2. The monoisotopic (exact) mass is 339 g/mol. The van der Waals surface area contributed by atoms with Gasteiger partial charge in [0.1, 0.15) is 11.6 Å². The van der Waals surface area contributed by atoms with E-state index in [2.05, 4.69) is 20.6 Å². The molecule has 0 atom stereocenters. The molecule has 25 heavy (non-hydrogen) atoms. The molecule has 3 aromatic rings. The Labute approximate surface area is 144 Å². The van der Waals surface area contributed by atoms with Crippen LogP contribution in [0.5, 0.6) is 0 Å². The lowest BCUT2D eigenvalue weighted by molar-refractivity contribution is 0.240. The highest BCUT2D eigenvalue weighted by Gasteiger charge is 2.08. The number of carbonyl (C=O) groups is 1. The van der Waals surface area contributed by atoms with Gasteiger partial charge in [0.05, 0.1) is 5.69 Å². The molecule has 0 fully saturated rings. The van der Waals surface area contributed by atoms with Crippen LogP contribution in [0.2, 0.25) is 0 Å². The second-order valence-corrected chi connectivity index (χ2v) is 5.52. The molecule has 0 radical (unpaired) electrons. The molecule has 1 aromatic carbocycles. The third-order valence-electron chi connectivity index (χ3n) is 3.75. The van der Waals surface area contributed by atoms with Crippen LogP contribution < -0.4 is 10.6 Å². The van der Waals surface area contributed by atoms with Crippen LogP contribution in [-0.2, 0) is 13.1 Å². The van der Waals surface area contributed by atoms with Crippen molar-refractivity contribution in [3.8, 4) is 5.69 Å². The first kappa shape index (κ1) is 16.6. The van der Waals surface area contributed by atoms with E-state index in [1.165, 1.54) is 6.07 Å². The quantitative estimate of drug-likeness (QED) is 0.751. The maximum absolute atomic E-state index is 14.3. The van der Waals surface area contributed by atoms with Gasteiger partial charge in [0.25, 0.3) is 0 Å². The van der Waals surface area contributed by atoms with Crippen molar-refractivity contribution in [1.82, 2.24) is 25.2 Å². The molecule has 0 saturated carbocycles. The number of imidazole rings is 1. The number of halogens is 1. The largest absolute Gasteiger partial charge is 0.334 e. The van der Waals surface area contributed by atoms with Crippen LogP contribution in [0.4, 0.5) is 9.18 Å². The Bertz CT molecular complexity index is 863. The number of nitrogens with zero attached hydrogens (tertiary/aromatic N) is 3. The lowest BCUT2D eigenvalue weighted by Crippen LogP contribution is -2.34. The third-order valence-corrected chi connectivity index (χ3v) is 3.75. The number of rotatable bonds is 5. The van der Waals surface area contributed by atoms with Crippen LogP contribution in [0.3, 0.4) is 0 Å². The number of aromatic nitrogens is 3. The minimum absolute atomic E-state index is 0.238. The number of aryl methyl sites for hydroxylation is 1. The maximum atomic E-state index is 14.3. The van der Waals surface area contributed by atoms with Crippen LogP contribution in [0.15, 0.2) is 55.1 Å². The molecule has 128 valence electrons. The van der Waals surface area contributed by atoms with Gasteiger partial charge in [-0.25, -0.2) is 14.2 Å². The average molecular weight is 339 g/mol. The zero-order valence-electron chi connectivity index (χ0n) is 13.7. The normalized spacial score (nSPS) is 10.5. The first-order valence-corrected chi connectivity index (χ1v) is 7.83. The number of nitrogens with one attached hydrogen (secondary N) is 2. The van der Waals surface area contributed by atoms with E-state index in [1.807, 2.05) is 19.1 Å². The van der Waals surface area contributed by atoms with E-state index in [9.17, 15) is 9.18 Å². The molecule has 2 amide bonds. The van der Waals surface area contributed by atoms with Gasteiger partial charge < -0.3 is 15.2 Å². The number of pyridine rings is 1. The standard InChI is InChI=1S/C18H18FN5O/c1-13-21-8-9-24(13)17-3-2-15(10-16(17)19)12-23-18(25)22-11-14-4-6-20-7-5-14/h2-10H,11-12H2,1H3,(H2,22,23,25). The molecule has 0 aliphatic rings. The van der Waals surface area contributed by atoms with E-state index in [1.54, 1.807) is 41.5 Å². The Morgan fingerprint density at radius 1 is 1.08 bits per heavy atom. The molecule has 0 saturated heterocycles. The van der Waals surface area contributed by atoms with Crippen molar-refractivity contribution in [3.05, 3.63) is 77.9 Å². The molecule has 0 aliphatic carbocycles. The highest BCUT2D eigenvalue weighted by Crippen LogP contribution is 2.16. The summed E-state index contributed by atoms with van der Waals surface area (Å²) in [5.41, 5.74) is 2.07. The van der Waals surface area contributed by atoms with Crippen molar-refractivity contribution >= 4 is 6.03 Å². The fourth-order valence-corrected chi connectivity index (χ4v) is 2.42. The zero-order chi connectivity index (χ0) is 17.6. The molecule has 2 heterocycles. The minimum Gasteiger partial charge on any atom is -0.334 e. The van der Waals surface area contributed by atoms with Crippen LogP contribution in [0.25, 0.3) is 5.69 Å². The Balaban J connectivity index is 1.56. The molecule has 0 aliphatic heterocycles. The van der Waals surface area contributed by atoms with Gasteiger partial charge in [0.2, 0.25) is 0 Å². The average Bonchev–Trinajstić information content (AvgIpc) is 3.05. The summed E-state index contributed by atoms with van der Waals surface area (Å²) in [7, 11) is 0. The molecule has 0 bridgehead atoms. The molecule has 3 rings (SSSR count). The van der Waals surface area contributed by atoms with Gasteiger partial charge in [-0.1, -0.05) is 6.07 Å². The van der Waals surface area contributed by atoms with Crippen LogP contribution in [-0.4, -0.2) is 20.6 Å². The highest BCUT2D eigenvalue weighted by atomic mass is 19.1.